The molecule has 1 N–H and O–H groups in total. The first-order chi connectivity index (χ1) is 14.8. The number of sulfone groups is 1. The number of hydrogen-bond acceptors (Lipinski definition) is 6. The number of pyridine rings is 1. The van der Waals surface area contributed by atoms with Gasteiger partial charge in [-0.1, -0.05) is 0 Å². The summed E-state index contributed by atoms with van der Waals surface area (Å²) in [6.45, 7) is 2.47. The molecule has 3 heterocycles. The molecule has 0 spiro atoms. The van der Waals surface area contributed by atoms with Gasteiger partial charge in [-0.2, -0.15) is 5.10 Å². The van der Waals surface area contributed by atoms with Crippen LogP contribution in [-0.2, 0) is 14.6 Å². The summed E-state index contributed by atoms with van der Waals surface area (Å²) in [7, 11) is -1.59. The standard InChI is InChI=1S/C21H23FN4O4S/c1-13-19-17(21(27)23-8-9-30-2)11-18(14-3-5-15(22)6-4-14)24-20(19)26(25-13)16-7-10-31(28,29)12-16/h3-6,11,16H,7-10,12H2,1-2H3,(H,23,27)/t16-/m1/s1. The summed E-state index contributed by atoms with van der Waals surface area (Å²) in [6, 6.07) is 7.13. The molecule has 10 heteroatoms. The fourth-order valence-corrected chi connectivity index (χ4v) is 5.54. The van der Waals surface area contributed by atoms with Crippen LogP contribution in [0.15, 0.2) is 30.3 Å². The van der Waals surface area contributed by atoms with Gasteiger partial charge in [0.05, 0.1) is 46.5 Å². The van der Waals surface area contributed by atoms with Crippen LogP contribution in [-0.4, -0.2) is 60.9 Å². The van der Waals surface area contributed by atoms with Crippen molar-refractivity contribution in [2.24, 2.45) is 0 Å². The van der Waals surface area contributed by atoms with Crippen LogP contribution in [0.4, 0.5) is 4.39 Å². The van der Waals surface area contributed by atoms with Gasteiger partial charge in [0.15, 0.2) is 15.5 Å². The lowest BCUT2D eigenvalue weighted by molar-refractivity contribution is 0.0938. The summed E-state index contributed by atoms with van der Waals surface area (Å²) in [6.07, 6.45) is 0.441. The molecule has 8 nitrogen and oxygen atoms in total. The summed E-state index contributed by atoms with van der Waals surface area (Å²) in [4.78, 5) is 17.7. The lowest BCUT2D eigenvalue weighted by Gasteiger charge is -2.12. The van der Waals surface area contributed by atoms with Crippen molar-refractivity contribution in [1.82, 2.24) is 20.1 Å². The SMILES string of the molecule is COCCNC(=O)c1cc(-c2ccc(F)cc2)nc2c1c(C)nn2[C@@H]1CCS(=O)(=O)C1. The second-order valence-corrected chi connectivity index (χ2v) is 9.82. The van der Waals surface area contributed by atoms with E-state index in [9.17, 15) is 17.6 Å². The molecular formula is C21H23FN4O4S. The number of aromatic nitrogens is 3. The van der Waals surface area contributed by atoms with E-state index in [1.54, 1.807) is 36.9 Å². The van der Waals surface area contributed by atoms with Crippen LogP contribution >= 0.6 is 0 Å². The first-order valence-electron chi connectivity index (χ1n) is 9.92. The van der Waals surface area contributed by atoms with Gasteiger partial charge in [0.2, 0.25) is 0 Å². The normalized spacial score (nSPS) is 17.8. The monoisotopic (exact) mass is 446 g/mol. The number of amides is 1. The van der Waals surface area contributed by atoms with Gasteiger partial charge < -0.3 is 10.1 Å². The van der Waals surface area contributed by atoms with E-state index in [0.29, 0.717) is 53.1 Å². The Balaban J connectivity index is 1.88. The van der Waals surface area contributed by atoms with Gasteiger partial charge in [0, 0.05) is 19.2 Å². The lowest BCUT2D eigenvalue weighted by atomic mass is 10.0. The molecule has 0 unspecified atom stereocenters. The number of fused-ring (bicyclic) bond motifs is 1. The minimum atomic E-state index is -3.13. The minimum absolute atomic E-state index is 0.0129. The number of carbonyl (C=O) groups excluding carboxylic acids is 1. The number of aryl methyl sites for hydroxylation is 1. The molecule has 164 valence electrons. The summed E-state index contributed by atoms with van der Waals surface area (Å²) < 4.78 is 44.1. The average Bonchev–Trinajstić information content (AvgIpc) is 3.27. The molecule has 1 fully saturated rings. The Labute approximate surface area is 179 Å². The molecule has 1 saturated heterocycles. The largest absolute Gasteiger partial charge is 0.383 e. The van der Waals surface area contributed by atoms with Crippen molar-refractivity contribution in [1.29, 1.82) is 0 Å². The maximum absolute atomic E-state index is 13.4. The van der Waals surface area contributed by atoms with Crippen molar-refractivity contribution in [3.05, 3.63) is 47.4 Å². The molecule has 0 radical (unpaired) electrons. The first-order valence-corrected chi connectivity index (χ1v) is 11.7. The minimum Gasteiger partial charge on any atom is -0.383 e. The van der Waals surface area contributed by atoms with Crippen molar-refractivity contribution >= 4 is 26.8 Å². The molecule has 1 atom stereocenters. The molecule has 3 aromatic rings. The van der Waals surface area contributed by atoms with E-state index in [1.165, 1.54) is 12.1 Å². The van der Waals surface area contributed by atoms with Gasteiger partial charge in [-0.05, 0) is 43.7 Å². The van der Waals surface area contributed by atoms with Crippen molar-refractivity contribution in [3.8, 4) is 11.3 Å². The van der Waals surface area contributed by atoms with Crippen LogP contribution in [0.1, 0.15) is 28.5 Å². The molecule has 0 saturated carbocycles. The topological polar surface area (TPSA) is 103 Å². The highest BCUT2D eigenvalue weighted by atomic mass is 32.2. The van der Waals surface area contributed by atoms with Gasteiger partial charge in [0.25, 0.3) is 5.91 Å². The van der Waals surface area contributed by atoms with Gasteiger partial charge in [0.1, 0.15) is 5.82 Å². The predicted octanol–water partition coefficient (Wildman–Crippen LogP) is 2.28. The second-order valence-electron chi connectivity index (χ2n) is 7.60. The molecule has 1 aliphatic heterocycles. The number of halogens is 1. The van der Waals surface area contributed by atoms with Gasteiger partial charge in [-0.15, -0.1) is 0 Å². The maximum Gasteiger partial charge on any atom is 0.252 e. The van der Waals surface area contributed by atoms with Crippen molar-refractivity contribution < 1.29 is 22.3 Å². The number of hydrogen-bond donors (Lipinski definition) is 1. The summed E-state index contributed by atoms with van der Waals surface area (Å²) in [5.41, 5.74) is 2.53. The number of nitrogens with one attached hydrogen (secondary N) is 1. The zero-order chi connectivity index (χ0) is 22.2. The Hall–Kier alpha value is -2.85. The van der Waals surface area contributed by atoms with Gasteiger partial charge in [-0.25, -0.2) is 22.5 Å². The van der Waals surface area contributed by atoms with Gasteiger partial charge >= 0.3 is 0 Å². The zero-order valence-corrected chi connectivity index (χ0v) is 18.1. The highest BCUT2D eigenvalue weighted by Crippen LogP contribution is 2.32. The smallest absolute Gasteiger partial charge is 0.252 e. The van der Waals surface area contributed by atoms with E-state index in [-0.39, 0.29) is 29.3 Å². The fraction of sp³-hybridized carbons (Fsp3) is 0.381. The van der Waals surface area contributed by atoms with Crippen LogP contribution in [0.3, 0.4) is 0 Å². The zero-order valence-electron chi connectivity index (χ0n) is 17.3. The molecule has 1 aliphatic rings. The molecule has 0 aliphatic carbocycles. The summed E-state index contributed by atoms with van der Waals surface area (Å²) >= 11 is 0. The Bertz CT molecular complexity index is 1240. The number of ether oxygens (including phenoxy) is 1. The number of rotatable bonds is 6. The molecule has 1 amide bonds. The van der Waals surface area contributed by atoms with Crippen LogP contribution in [0.25, 0.3) is 22.3 Å². The maximum atomic E-state index is 13.4. The Kier molecular flexibility index (Phi) is 5.76. The summed E-state index contributed by atoms with van der Waals surface area (Å²) in [5.74, 6) is -0.602. The van der Waals surface area contributed by atoms with E-state index in [4.69, 9.17) is 9.72 Å². The highest BCUT2D eigenvalue weighted by Gasteiger charge is 2.32. The van der Waals surface area contributed by atoms with E-state index in [0.717, 1.165) is 0 Å². The van der Waals surface area contributed by atoms with Crippen LogP contribution < -0.4 is 5.32 Å². The average molecular weight is 447 g/mol. The fourth-order valence-electron chi connectivity index (χ4n) is 3.85. The Morgan fingerprint density at radius 2 is 2.06 bits per heavy atom. The van der Waals surface area contributed by atoms with Crippen LogP contribution in [0, 0.1) is 12.7 Å². The third-order valence-corrected chi connectivity index (χ3v) is 7.12. The van der Waals surface area contributed by atoms with E-state index in [2.05, 4.69) is 10.4 Å². The number of carbonyl (C=O) groups is 1. The number of methoxy groups -OCH3 is 1. The Morgan fingerprint density at radius 1 is 1.32 bits per heavy atom. The molecule has 4 rings (SSSR count). The number of nitrogens with zero attached hydrogens (tertiary/aromatic N) is 3. The molecule has 1 aromatic carbocycles. The van der Waals surface area contributed by atoms with Crippen LogP contribution in [0.5, 0.6) is 0 Å². The predicted molar refractivity (Wildman–Crippen MR) is 114 cm³/mol. The van der Waals surface area contributed by atoms with Crippen molar-refractivity contribution in [2.45, 2.75) is 19.4 Å². The number of benzene rings is 1. The van der Waals surface area contributed by atoms with Gasteiger partial charge in [-0.3, -0.25) is 4.79 Å². The quantitative estimate of drug-likeness (QED) is 0.583. The third-order valence-electron chi connectivity index (χ3n) is 5.37. The van der Waals surface area contributed by atoms with E-state index < -0.39 is 9.84 Å². The molecule has 0 bridgehead atoms. The lowest BCUT2D eigenvalue weighted by Crippen LogP contribution is -2.27. The summed E-state index contributed by atoms with van der Waals surface area (Å²) in [5, 5.41) is 7.94. The van der Waals surface area contributed by atoms with E-state index in [1.807, 2.05) is 0 Å². The highest BCUT2D eigenvalue weighted by molar-refractivity contribution is 7.91. The molecule has 2 aromatic heterocycles. The first kappa shape index (κ1) is 21.4. The van der Waals surface area contributed by atoms with Crippen molar-refractivity contribution in [2.75, 3.05) is 31.8 Å². The Morgan fingerprint density at radius 3 is 2.71 bits per heavy atom. The third kappa shape index (κ3) is 4.31. The molecular weight excluding hydrogens is 423 g/mol. The van der Waals surface area contributed by atoms with E-state index >= 15 is 0 Å². The second kappa shape index (κ2) is 8.35. The van der Waals surface area contributed by atoms with Crippen LogP contribution in [0.2, 0.25) is 0 Å². The molecule has 31 heavy (non-hydrogen) atoms. The van der Waals surface area contributed by atoms with Crippen molar-refractivity contribution in [3.63, 3.8) is 0 Å².